The van der Waals surface area contributed by atoms with Crippen LogP contribution in [0.1, 0.15) is 12.2 Å². The number of hydrogen-bond acceptors (Lipinski definition) is 5. The lowest BCUT2D eigenvalue weighted by Crippen LogP contribution is -2.14. The summed E-state index contributed by atoms with van der Waals surface area (Å²) in [6, 6.07) is 11.5. The SMILES string of the molecule is Cn1c(CCC(=O)Nc2nnc(-c3ccncc3)[nH]2)nc2ccccc21. The van der Waals surface area contributed by atoms with Gasteiger partial charge in [-0.3, -0.25) is 15.1 Å². The van der Waals surface area contributed by atoms with Gasteiger partial charge in [0.05, 0.1) is 11.0 Å². The van der Waals surface area contributed by atoms with Gasteiger partial charge in [0, 0.05) is 37.8 Å². The van der Waals surface area contributed by atoms with E-state index in [0.717, 1.165) is 22.4 Å². The number of aryl methyl sites for hydroxylation is 2. The van der Waals surface area contributed by atoms with Crippen molar-refractivity contribution in [3.05, 3.63) is 54.6 Å². The van der Waals surface area contributed by atoms with Crippen molar-refractivity contribution in [2.45, 2.75) is 12.8 Å². The second kappa shape index (κ2) is 6.75. The highest BCUT2D eigenvalue weighted by Crippen LogP contribution is 2.16. The van der Waals surface area contributed by atoms with Gasteiger partial charge in [0.25, 0.3) is 0 Å². The number of amides is 1. The van der Waals surface area contributed by atoms with E-state index in [1.807, 2.05) is 48.0 Å². The zero-order valence-corrected chi connectivity index (χ0v) is 14.2. The third-order valence-electron chi connectivity index (χ3n) is 4.15. The fourth-order valence-electron chi connectivity index (χ4n) is 2.80. The minimum absolute atomic E-state index is 0.144. The van der Waals surface area contributed by atoms with Gasteiger partial charge in [-0.15, -0.1) is 10.2 Å². The fourth-order valence-corrected chi connectivity index (χ4v) is 2.80. The van der Waals surface area contributed by atoms with Crippen LogP contribution in [-0.4, -0.2) is 35.6 Å². The molecule has 26 heavy (non-hydrogen) atoms. The van der Waals surface area contributed by atoms with E-state index in [2.05, 4.69) is 30.5 Å². The molecule has 2 N–H and O–H groups in total. The number of imidazole rings is 1. The van der Waals surface area contributed by atoms with Crippen LogP contribution in [0.25, 0.3) is 22.4 Å². The quantitative estimate of drug-likeness (QED) is 0.577. The molecule has 0 aliphatic rings. The van der Waals surface area contributed by atoms with E-state index in [-0.39, 0.29) is 5.91 Å². The largest absolute Gasteiger partial charge is 0.331 e. The Kier molecular flexibility index (Phi) is 4.14. The molecule has 0 fully saturated rings. The summed E-state index contributed by atoms with van der Waals surface area (Å²) in [5.74, 6) is 1.63. The molecule has 0 saturated heterocycles. The van der Waals surface area contributed by atoms with Gasteiger partial charge in [-0.2, -0.15) is 0 Å². The van der Waals surface area contributed by atoms with Crippen molar-refractivity contribution in [3.8, 4) is 11.4 Å². The van der Waals surface area contributed by atoms with Crippen molar-refractivity contribution in [3.63, 3.8) is 0 Å². The summed E-state index contributed by atoms with van der Waals surface area (Å²) >= 11 is 0. The molecule has 8 nitrogen and oxygen atoms in total. The standard InChI is InChI=1S/C18H17N7O/c1-25-14-5-3-2-4-13(14)20-15(25)6-7-16(26)21-18-22-17(23-24-18)12-8-10-19-11-9-12/h2-5,8-11H,6-7H2,1H3,(H2,21,22,23,24,26). The second-order valence-electron chi connectivity index (χ2n) is 5.88. The molecule has 3 aromatic heterocycles. The maximum Gasteiger partial charge on any atom is 0.228 e. The summed E-state index contributed by atoms with van der Waals surface area (Å²) < 4.78 is 2.01. The zero-order chi connectivity index (χ0) is 17.9. The zero-order valence-electron chi connectivity index (χ0n) is 14.2. The summed E-state index contributed by atoms with van der Waals surface area (Å²) in [5.41, 5.74) is 2.84. The Labute approximate surface area is 149 Å². The van der Waals surface area contributed by atoms with E-state index in [1.165, 1.54) is 0 Å². The summed E-state index contributed by atoms with van der Waals surface area (Å²) in [7, 11) is 1.96. The van der Waals surface area contributed by atoms with E-state index in [0.29, 0.717) is 24.6 Å². The smallest absolute Gasteiger partial charge is 0.228 e. The first kappa shape index (κ1) is 15.9. The highest BCUT2D eigenvalue weighted by molar-refractivity contribution is 5.89. The summed E-state index contributed by atoms with van der Waals surface area (Å²) in [5, 5.41) is 10.7. The van der Waals surface area contributed by atoms with Crippen molar-refractivity contribution < 1.29 is 4.79 Å². The summed E-state index contributed by atoms with van der Waals surface area (Å²) in [6.45, 7) is 0. The van der Waals surface area contributed by atoms with E-state index < -0.39 is 0 Å². The topological polar surface area (TPSA) is 101 Å². The lowest BCUT2D eigenvalue weighted by molar-refractivity contribution is -0.116. The molecule has 8 heteroatoms. The monoisotopic (exact) mass is 347 g/mol. The predicted molar refractivity (Wildman–Crippen MR) is 97.3 cm³/mol. The maximum absolute atomic E-state index is 12.2. The van der Waals surface area contributed by atoms with Crippen molar-refractivity contribution >= 4 is 22.9 Å². The van der Waals surface area contributed by atoms with Gasteiger partial charge < -0.3 is 9.55 Å². The van der Waals surface area contributed by atoms with Crippen LogP contribution >= 0.6 is 0 Å². The van der Waals surface area contributed by atoms with E-state index in [1.54, 1.807) is 12.4 Å². The van der Waals surface area contributed by atoms with Gasteiger partial charge >= 0.3 is 0 Å². The Balaban J connectivity index is 1.40. The van der Waals surface area contributed by atoms with Crippen LogP contribution in [0.3, 0.4) is 0 Å². The summed E-state index contributed by atoms with van der Waals surface area (Å²) in [6.07, 6.45) is 4.20. The number of benzene rings is 1. The van der Waals surface area contributed by atoms with Crippen LogP contribution in [0.15, 0.2) is 48.8 Å². The lowest BCUT2D eigenvalue weighted by atomic mass is 10.2. The van der Waals surface area contributed by atoms with Gasteiger partial charge in [-0.1, -0.05) is 12.1 Å². The van der Waals surface area contributed by atoms with Crippen LogP contribution in [0.4, 0.5) is 5.95 Å². The van der Waals surface area contributed by atoms with Gasteiger partial charge in [0.1, 0.15) is 5.82 Å². The maximum atomic E-state index is 12.2. The molecule has 0 aliphatic heterocycles. The molecule has 1 amide bonds. The highest BCUT2D eigenvalue weighted by atomic mass is 16.1. The van der Waals surface area contributed by atoms with E-state index >= 15 is 0 Å². The number of carbonyl (C=O) groups excluding carboxylic acids is 1. The summed E-state index contributed by atoms with van der Waals surface area (Å²) in [4.78, 5) is 23.7. The third kappa shape index (κ3) is 3.16. The first-order chi connectivity index (χ1) is 12.7. The Hall–Kier alpha value is -3.55. The molecular formula is C18H17N7O. The molecule has 0 unspecified atom stereocenters. The Morgan fingerprint density at radius 1 is 1.15 bits per heavy atom. The van der Waals surface area contributed by atoms with Crippen LogP contribution in [-0.2, 0) is 18.3 Å². The molecular weight excluding hydrogens is 330 g/mol. The third-order valence-corrected chi connectivity index (χ3v) is 4.15. The number of hydrogen-bond donors (Lipinski definition) is 2. The number of carbonyl (C=O) groups is 1. The molecule has 0 aliphatic carbocycles. The molecule has 0 saturated carbocycles. The number of H-pyrrole nitrogens is 1. The van der Waals surface area contributed by atoms with Crippen LogP contribution in [0.5, 0.6) is 0 Å². The minimum atomic E-state index is -0.144. The number of para-hydroxylation sites is 2. The molecule has 4 aromatic rings. The molecule has 0 bridgehead atoms. The molecule has 130 valence electrons. The van der Waals surface area contributed by atoms with Crippen molar-refractivity contribution in [2.24, 2.45) is 7.05 Å². The Morgan fingerprint density at radius 2 is 1.96 bits per heavy atom. The van der Waals surface area contributed by atoms with Crippen LogP contribution in [0.2, 0.25) is 0 Å². The first-order valence-corrected chi connectivity index (χ1v) is 8.24. The highest BCUT2D eigenvalue weighted by Gasteiger charge is 2.12. The van der Waals surface area contributed by atoms with Gasteiger partial charge in [-0.25, -0.2) is 4.98 Å². The number of anilines is 1. The average Bonchev–Trinajstić information content (AvgIpc) is 3.26. The van der Waals surface area contributed by atoms with E-state index in [4.69, 9.17) is 0 Å². The van der Waals surface area contributed by atoms with Crippen molar-refractivity contribution in [1.82, 2.24) is 29.7 Å². The average molecular weight is 347 g/mol. The van der Waals surface area contributed by atoms with Gasteiger partial charge in [0.2, 0.25) is 11.9 Å². The predicted octanol–water partition coefficient (Wildman–Crippen LogP) is 2.32. The molecule has 0 atom stereocenters. The van der Waals surface area contributed by atoms with Crippen molar-refractivity contribution in [1.29, 1.82) is 0 Å². The number of nitrogens with zero attached hydrogens (tertiary/aromatic N) is 5. The normalized spacial score (nSPS) is 11.0. The number of rotatable bonds is 5. The van der Waals surface area contributed by atoms with E-state index in [9.17, 15) is 4.79 Å². The number of aromatic nitrogens is 6. The molecule has 0 radical (unpaired) electrons. The molecule has 0 spiro atoms. The number of aromatic amines is 1. The number of nitrogens with one attached hydrogen (secondary N) is 2. The number of pyridine rings is 1. The first-order valence-electron chi connectivity index (χ1n) is 8.24. The van der Waals surface area contributed by atoms with Gasteiger partial charge in [0.15, 0.2) is 5.82 Å². The van der Waals surface area contributed by atoms with Crippen LogP contribution < -0.4 is 5.32 Å². The van der Waals surface area contributed by atoms with Crippen LogP contribution in [0, 0.1) is 0 Å². The van der Waals surface area contributed by atoms with Gasteiger partial charge in [-0.05, 0) is 24.3 Å². The Morgan fingerprint density at radius 3 is 2.77 bits per heavy atom. The van der Waals surface area contributed by atoms with Crippen molar-refractivity contribution in [2.75, 3.05) is 5.32 Å². The fraction of sp³-hybridized carbons (Fsp3) is 0.167. The second-order valence-corrected chi connectivity index (χ2v) is 5.88. The molecule has 4 rings (SSSR count). The number of fused-ring (bicyclic) bond motifs is 1. The molecule has 3 heterocycles. The lowest BCUT2D eigenvalue weighted by Gasteiger charge is -2.03. The molecule has 1 aromatic carbocycles. The minimum Gasteiger partial charge on any atom is -0.331 e. The Bertz CT molecular complexity index is 1050.